The van der Waals surface area contributed by atoms with Gasteiger partial charge in [0.2, 0.25) is 5.76 Å². The lowest BCUT2D eigenvalue weighted by atomic mass is 10.1. The van der Waals surface area contributed by atoms with Crippen LogP contribution in [0.5, 0.6) is 11.5 Å². The van der Waals surface area contributed by atoms with E-state index in [1.165, 1.54) is 12.8 Å². The number of nitrogens with one attached hydrogen (secondary N) is 1. The highest BCUT2D eigenvalue weighted by molar-refractivity contribution is 5.91. The Labute approximate surface area is 147 Å². The minimum Gasteiger partial charge on any atom is -0.493 e. The molecule has 2 aromatic rings. The molecule has 1 heterocycles. The van der Waals surface area contributed by atoms with Crippen LogP contribution in [0.3, 0.4) is 0 Å². The predicted molar refractivity (Wildman–Crippen MR) is 93.0 cm³/mol. The van der Waals surface area contributed by atoms with Gasteiger partial charge in [0.1, 0.15) is 0 Å². The third kappa shape index (κ3) is 4.13. The van der Waals surface area contributed by atoms with Crippen molar-refractivity contribution in [1.29, 1.82) is 0 Å². The molecular weight excluding hydrogens is 320 g/mol. The Balaban J connectivity index is 1.69. The van der Waals surface area contributed by atoms with Crippen LogP contribution in [0.15, 0.2) is 28.8 Å². The van der Waals surface area contributed by atoms with E-state index in [9.17, 15) is 4.79 Å². The van der Waals surface area contributed by atoms with Gasteiger partial charge in [-0.05, 0) is 57.2 Å². The number of methoxy groups -OCH3 is 1. The third-order valence-electron chi connectivity index (χ3n) is 4.48. The second kappa shape index (κ2) is 7.59. The topological polar surface area (TPSA) is 73.6 Å². The van der Waals surface area contributed by atoms with Crippen molar-refractivity contribution in [3.05, 3.63) is 41.3 Å². The van der Waals surface area contributed by atoms with Gasteiger partial charge in [0.25, 0.3) is 5.91 Å². The quantitative estimate of drug-likeness (QED) is 0.863. The van der Waals surface area contributed by atoms with Gasteiger partial charge in [0.15, 0.2) is 11.5 Å². The van der Waals surface area contributed by atoms with E-state index in [0.29, 0.717) is 11.4 Å². The van der Waals surface area contributed by atoms with Gasteiger partial charge in [-0.2, -0.15) is 0 Å². The van der Waals surface area contributed by atoms with E-state index >= 15 is 0 Å². The Morgan fingerprint density at radius 3 is 2.68 bits per heavy atom. The summed E-state index contributed by atoms with van der Waals surface area (Å²) in [4.78, 5) is 12.2. The Bertz CT molecular complexity index is 735. The van der Waals surface area contributed by atoms with Gasteiger partial charge in [0, 0.05) is 6.07 Å². The molecule has 0 bridgehead atoms. The average molecular weight is 344 g/mol. The molecule has 1 aliphatic rings. The SMILES string of the molecule is COc1cc([C@H](C)NC(=O)c2cc(C)no2)ccc1OC1CCCC1. The molecular formula is C19H24N2O4. The summed E-state index contributed by atoms with van der Waals surface area (Å²) in [6.45, 7) is 3.69. The molecule has 6 nitrogen and oxygen atoms in total. The van der Waals surface area contributed by atoms with Crippen LogP contribution in [0, 0.1) is 6.92 Å². The molecule has 1 aromatic carbocycles. The van der Waals surface area contributed by atoms with E-state index in [1.54, 1.807) is 20.1 Å². The van der Waals surface area contributed by atoms with Crippen LogP contribution >= 0.6 is 0 Å². The molecule has 1 aromatic heterocycles. The van der Waals surface area contributed by atoms with Crippen LogP contribution in [0.25, 0.3) is 0 Å². The second-order valence-electron chi connectivity index (χ2n) is 6.46. The molecule has 0 saturated heterocycles. The summed E-state index contributed by atoms with van der Waals surface area (Å²) < 4.78 is 16.5. The van der Waals surface area contributed by atoms with Crippen molar-refractivity contribution in [2.45, 2.75) is 51.7 Å². The molecule has 0 radical (unpaired) electrons. The first kappa shape index (κ1) is 17.3. The fourth-order valence-corrected chi connectivity index (χ4v) is 3.06. The van der Waals surface area contributed by atoms with Gasteiger partial charge in [-0.3, -0.25) is 4.79 Å². The fourth-order valence-electron chi connectivity index (χ4n) is 3.06. The summed E-state index contributed by atoms with van der Waals surface area (Å²) in [6.07, 6.45) is 4.89. The Morgan fingerprint density at radius 1 is 1.28 bits per heavy atom. The number of rotatable bonds is 6. The highest BCUT2D eigenvalue weighted by Crippen LogP contribution is 2.33. The van der Waals surface area contributed by atoms with Crippen molar-refractivity contribution in [3.8, 4) is 11.5 Å². The zero-order valence-corrected chi connectivity index (χ0v) is 14.9. The molecule has 1 saturated carbocycles. The molecule has 0 unspecified atom stereocenters. The van der Waals surface area contributed by atoms with Gasteiger partial charge in [-0.1, -0.05) is 11.2 Å². The molecule has 1 amide bonds. The highest BCUT2D eigenvalue weighted by Gasteiger charge is 2.20. The number of amides is 1. The first-order chi connectivity index (χ1) is 12.1. The van der Waals surface area contributed by atoms with E-state index in [1.807, 2.05) is 25.1 Å². The second-order valence-corrected chi connectivity index (χ2v) is 6.46. The number of aryl methyl sites for hydroxylation is 1. The Kier molecular flexibility index (Phi) is 5.26. The van der Waals surface area contributed by atoms with Crippen molar-refractivity contribution in [3.63, 3.8) is 0 Å². The van der Waals surface area contributed by atoms with Crippen molar-refractivity contribution in [2.24, 2.45) is 0 Å². The molecule has 1 N–H and O–H groups in total. The molecule has 25 heavy (non-hydrogen) atoms. The third-order valence-corrected chi connectivity index (χ3v) is 4.48. The van der Waals surface area contributed by atoms with Gasteiger partial charge >= 0.3 is 0 Å². The standard InChI is InChI=1S/C19H24N2O4/c1-12-10-18(25-21-12)19(22)20-13(2)14-8-9-16(17(11-14)23-3)24-15-6-4-5-7-15/h8-11,13,15H,4-7H2,1-3H3,(H,20,22)/t13-/m0/s1. The van der Waals surface area contributed by atoms with Crippen LogP contribution < -0.4 is 14.8 Å². The maximum atomic E-state index is 12.2. The highest BCUT2D eigenvalue weighted by atomic mass is 16.5. The minimum absolute atomic E-state index is 0.202. The molecule has 0 spiro atoms. The number of aromatic nitrogens is 1. The number of hydrogen-bond donors (Lipinski definition) is 1. The number of ether oxygens (including phenoxy) is 2. The monoisotopic (exact) mass is 344 g/mol. The molecule has 3 rings (SSSR count). The van der Waals surface area contributed by atoms with Gasteiger partial charge in [-0.15, -0.1) is 0 Å². The fraction of sp³-hybridized carbons (Fsp3) is 0.474. The van der Waals surface area contributed by atoms with Gasteiger partial charge in [0.05, 0.1) is 24.9 Å². The largest absolute Gasteiger partial charge is 0.493 e. The number of hydrogen-bond acceptors (Lipinski definition) is 5. The Hall–Kier alpha value is -2.50. The zero-order chi connectivity index (χ0) is 17.8. The molecule has 0 aliphatic heterocycles. The minimum atomic E-state index is -0.293. The summed E-state index contributed by atoms with van der Waals surface area (Å²) in [5.74, 6) is 1.35. The van der Waals surface area contributed by atoms with Crippen LogP contribution in [0.2, 0.25) is 0 Å². The summed E-state index contributed by atoms with van der Waals surface area (Å²) in [7, 11) is 1.63. The van der Waals surface area contributed by atoms with Crippen molar-refractivity contribution < 1.29 is 18.8 Å². The smallest absolute Gasteiger partial charge is 0.290 e. The molecule has 1 aliphatic carbocycles. The van der Waals surface area contributed by atoms with E-state index < -0.39 is 0 Å². The lowest BCUT2D eigenvalue weighted by Gasteiger charge is -2.19. The van der Waals surface area contributed by atoms with Gasteiger partial charge in [-0.25, -0.2) is 0 Å². The lowest BCUT2D eigenvalue weighted by molar-refractivity contribution is 0.0902. The average Bonchev–Trinajstić information content (AvgIpc) is 3.26. The number of benzene rings is 1. The summed E-state index contributed by atoms with van der Waals surface area (Å²) in [6, 6.07) is 7.17. The number of carbonyl (C=O) groups is 1. The van der Waals surface area contributed by atoms with Crippen molar-refractivity contribution in [1.82, 2.24) is 10.5 Å². The molecule has 1 atom stereocenters. The van der Waals surface area contributed by atoms with Crippen molar-refractivity contribution in [2.75, 3.05) is 7.11 Å². The first-order valence-corrected chi connectivity index (χ1v) is 8.65. The molecule has 1 fully saturated rings. The van der Waals surface area contributed by atoms with Gasteiger partial charge < -0.3 is 19.3 Å². The number of nitrogens with zero attached hydrogens (tertiary/aromatic N) is 1. The first-order valence-electron chi connectivity index (χ1n) is 8.65. The zero-order valence-electron chi connectivity index (χ0n) is 14.9. The summed E-state index contributed by atoms with van der Waals surface area (Å²) >= 11 is 0. The van der Waals surface area contributed by atoms with Crippen LogP contribution in [-0.2, 0) is 0 Å². The summed E-state index contributed by atoms with van der Waals surface area (Å²) in [5.41, 5.74) is 1.60. The summed E-state index contributed by atoms with van der Waals surface area (Å²) in [5, 5.41) is 6.63. The van der Waals surface area contributed by atoms with Crippen molar-refractivity contribution >= 4 is 5.91 Å². The molecule has 6 heteroatoms. The lowest BCUT2D eigenvalue weighted by Crippen LogP contribution is -2.26. The molecule has 134 valence electrons. The van der Waals surface area contributed by atoms with E-state index in [2.05, 4.69) is 10.5 Å². The maximum absolute atomic E-state index is 12.2. The van der Waals surface area contributed by atoms with Crippen LogP contribution in [0.4, 0.5) is 0 Å². The van der Waals surface area contributed by atoms with E-state index in [0.717, 1.165) is 24.2 Å². The predicted octanol–water partition coefficient (Wildman–Crippen LogP) is 3.80. The van der Waals surface area contributed by atoms with Crippen LogP contribution in [0.1, 0.15) is 60.5 Å². The van der Waals surface area contributed by atoms with Crippen LogP contribution in [-0.4, -0.2) is 24.3 Å². The normalized spacial score (nSPS) is 15.8. The number of carbonyl (C=O) groups excluding carboxylic acids is 1. The Morgan fingerprint density at radius 2 is 2.04 bits per heavy atom. The van der Waals surface area contributed by atoms with E-state index in [-0.39, 0.29) is 23.8 Å². The van der Waals surface area contributed by atoms with E-state index in [4.69, 9.17) is 14.0 Å². The maximum Gasteiger partial charge on any atom is 0.290 e.